The molecule has 2 aromatic carbocycles. The van der Waals surface area contributed by atoms with E-state index in [1.165, 1.54) is 12.1 Å². The van der Waals surface area contributed by atoms with Gasteiger partial charge in [-0.3, -0.25) is 0 Å². The molecule has 0 aliphatic carbocycles. The van der Waals surface area contributed by atoms with Gasteiger partial charge in [-0.2, -0.15) is 0 Å². The quantitative estimate of drug-likeness (QED) is 0.830. The number of halogens is 1. The van der Waals surface area contributed by atoms with Gasteiger partial charge >= 0.3 is 0 Å². The van der Waals surface area contributed by atoms with Gasteiger partial charge in [-0.25, -0.2) is 4.39 Å². The Kier molecular flexibility index (Phi) is 4.51. The van der Waals surface area contributed by atoms with Gasteiger partial charge in [0, 0.05) is 25.2 Å². The first-order valence-corrected chi connectivity index (χ1v) is 7.38. The van der Waals surface area contributed by atoms with Gasteiger partial charge in [0.2, 0.25) is 0 Å². The Bertz CT molecular complexity index is 564. The lowest BCUT2D eigenvalue weighted by Gasteiger charge is -2.31. The van der Waals surface area contributed by atoms with E-state index in [0.29, 0.717) is 11.7 Å². The first kappa shape index (κ1) is 14.1. The molecule has 1 heterocycles. The topological polar surface area (TPSA) is 18.5 Å². The Morgan fingerprint density at radius 1 is 1.00 bits per heavy atom. The second-order valence-electron chi connectivity index (χ2n) is 5.36. The fourth-order valence-electron chi connectivity index (χ4n) is 2.78. The third-order valence-electron chi connectivity index (χ3n) is 3.88. The fourth-order valence-corrected chi connectivity index (χ4v) is 2.78. The van der Waals surface area contributed by atoms with Crippen molar-refractivity contribution in [1.29, 1.82) is 0 Å². The number of hydrogen-bond acceptors (Lipinski definition) is 2. The zero-order chi connectivity index (χ0) is 14.5. The Morgan fingerprint density at radius 3 is 2.48 bits per heavy atom. The summed E-state index contributed by atoms with van der Waals surface area (Å²) in [7, 11) is 0. The van der Waals surface area contributed by atoms with Gasteiger partial charge in [0.1, 0.15) is 17.7 Å². The molecule has 0 radical (unpaired) electrons. The fraction of sp³-hybridized carbons (Fsp3) is 0.333. The van der Waals surface area contributed by atoms with Crippen LogP contribution in [0.2, 0.25) is 0 Å². The molecule has 21 heavy (non-hydrogen) atoms. The average Bonchev–Trinajstić information content (AvgIpc) is 2.54. The molecule has 1 aliphatic heterocycles. The Hall–Kier alpha value is -1.87. The van der Waals surface area contributed by atoms with Crippen LogP contribution < -0.4 is 4.74 Å². The summed E-state index contributed by atoms with van der Waals surface area (Å²) in [6.07, 6.45) is 1.88. The normalized spacial score (nSPS) is 17.4. The highest BCUT2D eigenvalue weighted by Crippen LogP contribution is 2.34. The molecular formula is C18H19FO2. The highest BCUT2D eigenvalue weighted by atomic mass is 19.1. The van der Waals surface area contributed by atoms with E-state index in [0.717, 1.165) is 31.6 Å². The van der Waals surface area contributed by atoms with Crippen molar-refractivity contribution in [2.45, 2.75) is 18.9 Å². The smallest absolute Gasteiger partial charge is 0.127 e. The SMILES string of the molecule is Fc1cccc(O[C@@H](c2ccccc2)C2CCOCC2)c1. The van der Waals surface area contributed by atoms with Crippen molar-refractivity contribution in [3.8, 4) is 5.75 Å². The van der Waals surface area contributed by atoms with Crippen molar-refractivity contribution in [1.82, 2.24) is 0 Å². The van der Waals surface area contributed by atoms with Crippen LogP contribution in [-0.4, -0.2) is 13.2 Å². The van der Waals surface area contributed by atoms with Crippen LogP contribution in [-0.2, 0) is 4.74 Å². The summed E-state index contributed by atoms with van der Waals surface area (Å²) in [5.41, 5.74) is 1.13. The first-order chi connectivity index (χ1) is 10.3. The van der Waals surface area contributed by atoms with Crippen LogP contribution in [0.1, 0.15) is 24.5 Å². The van der Waals surface area contributed by atoms with Gasteiger partial charge in [0.25, 0.3) is 0 Å². The van der Waals surface area contributed by atoms with Crippen LogP contribution in [0, 0.1) is 11.7 Å². The third kappa shape index (κ3) is 3.61. The maximum atomic E-state index is 13.4. The molecule has 3 heteroatoms. The van der Waals surface area contributed by atoms with Gasteiger partial charge in [-0.15, -0.1) is 0 Å². The number of ether oxygens (including phenoxy) is 2. The summed E-state index contributed by atoms with van der Waals surface area (Å²) < 4.78 is 24.9. The van der Waals surface area contributed by atoms with Crippen molar-refractivity contribution in [2.75, 3.05) is 13.2 Å². The second-order valence-corrected chi connectivity index (χ2v) is 5.36. The molecule has 0 N–H and O–H groups in total. The lowest BCUT2D eigenvalue weighted by Crippen LogP contribution is -2.25. The van der Waals surface area contributed by atoms with Gasteiger partial charge in [0.15, 0.2) is 0 Å². The molecule has 2 aromatic rings. The Labute approximate surface area is 124 Å². The van der Waals surface area contributed by atoms with Crippen LogP contribution >= 0.6 is 0 Å². The van der Waals surface area contributed by atoms with E-state index in [-0.39, 0.29) is 11.9 Å². The number of hydrogen-bond donors (Lipinski definition) is 0. The minimum atomic E-state index is -0.272. The summed E-state index contributed by atoms with van der Waals surface area (Å²) in [6, 6.07) is 16.5. The van der Waals surface area contributed by atoms with E-state index in [2.05, 4.69) is 12.1 Å². The molecule has 0 amide bonds. The number of benzene rings is 2. The molecule has 0 bridgehead atoms. The highest BCUT2D eigenvalue weighted by molar-refractivity contribution is 5.25. The van der Waals surface area contributed by atoms with Crippen LogP contribution in [0.25, 0.3) is 0 Å². The average molecular weight is 286 g/mol. The van der Waals surface area contributed by atoms with Crippen LogP contribution in [0.4, 0.5) is 4.39 Å². The van der Waals surface area contributed by atoms with Gasteiger partial charge in [-0.05, 0) is 30.5 Å². The van der Waals surface area contributed by atoms with E-state index < -0.39 is 0 Å². The standard InChI is InChI=1S/C18H19FO2/c19-16-7-4-8-17(13-16)21-18(14-5-2-1-3-6-14)15-9-11-20-12-10-15/h1-8,13,15,18H,9-12H2/t18-/m0/s1. The zero-order valence-corrected chi connectivity index (χ0v) is 11.9. The van der Waals surface area contributed by atoms with Crippen LogP contribution in [0.15, 0.2) is 54.6 Å². The predicted molar refractivity (Wildman–Crippen MR) is 79.8 cm³/mol. The monoisotopic (exact) mass is 286 g/mol. The van der Waals surface area contributed by atoms with E-state index in [1.807, 2.05) is 18.2 Å². The van der Waals surface area contributed by atoms with E-state index >= 15 is 0 Å². The predicted octanol–water partition coefficient (Wildman–Crippen LogP) is 4.37. The van der Waals surface area contributed by atoms with Crippen molar-refractivity contribution in [3.05, 3.63) is 66.0 Å². The molecule has 1 fully saturated rings. The minimum absolute atomic E-state index is 0.0584. The van der Waals surface area contributed by atoms with Crippen molar-refractivity contribution >= 4 is 0 Å². The van der Waals surface area contributed by atoms with Crippen molar-refractivity contribution < 1.29 is 13.9 Å². The lowest BCUT2D eigenvalue weighted by atomic mass is 9.89. The maximum absolute atomic E-state index is 13.4. The summed E-state index contributed by atoms with van der Waals surface area (Å²) >= 11 is 0. The van der Waals surface area contributed by atoms with Crippen molar-refractivity contribution in [2.24, 2.45) is 5.92 Å². The first-order valence-electron chi connectivity index (χ1n) is 7.38. The third-order valence-corrected chi connectivity index (χ3v) is 3.88. The molecule has 1 aliphatic rings. The molecule has 0 saturated carbocycles. The molecule has 0 aromatic heterocycles. The van der Waals surface area contributed by atoms with E-state index in [9.17, 15) is 4.39 Å². The van der Waals surface area contributed by atoms with Gasteiger partial charge in [-0.1, -0.05) is 36.4 Å². The van der Waals surface area contributed by atoms with E-state index in [1.54, 1.807) is 12.1 Å². The maximum Gasteiger partial charge on any atom is 0.127 e. The van der Waals surface area contributed by atoms with Crippen LogP contribution in [0.3, 0.4) is 0 Å². The number of rotatable bonds is 4. The Morgan fingerprint density at radius 2 is 1.76 bits per heavy atom. The summed E-state index contributed by atoms with van der Waals surface area (Å²) in [6.45, 7) is 1.53. The van der Waals surface area contributed by atoms with E-state index in [4.69, 9.17) is 9.47 Å². The van der Waals surface area contributed by atoms with Gasteiger partial charge < -0.3 is 9.47 Å². The summed E-state index contributed by atoms with van der Waals surface area (Å²) in [4.78, 5) is 0. The molecule has 110 valence electrons. The zero-order valence-electron chi connectivity index (χ0n) is 11.9. The van der Waals surface area contributed by atoms with Crippen LogP contribution in [0.5, 0.6) is 5.75 Å². The highest BCUT2D eigenvalue weighted by Gasteiger charge is 2.27. The van der Waals surface area contributed by atoms with Gasteiger partial charge in [0.05, 0.1) is 0 Å². The Balaban J connectivity index is 1.85. The lowest BCUT2D eigenvalue weighted by molar-refractivity contribution is 0.0170. The second kappa shape index (κ2) is 6.72. The molecule has 1 saturated heterocycles. The molecular weight excluding hydrogens is 267 g/mol. The molecule has 0 spiro atoms. The molecule has 0 unspecified atom stereocenters. The largest absolute Gasteiger partial charge is 0.485 e. The minimum Gasteiger partial charge on any atom is -0.485 e. The summed E-state index contributed by atoms with van der Waals surface area (Å²) in [5, 5.41) is 0. The molecule has 1 atom stereocenters. The van der Waals surface area contributed by atoms with Crippen molar-refractivity contribution in [3.63, 3.8) is 0 Å². The summed E-state index contributed by atoms with van der Waals surface area (Å²) in [5.74, 6) is 0.700. The molecule has 2 nitrogen and oxygen atoms in total. The molecule has 3 rings (SSSR count).